The Bertz CT molecular complexity index is 266. The number of nitrogens with zero attached hydrogens (tertiary/aromatic N) is 2. The molecule has 0 atom stereocenters. The summed E-state index contributed by atoms with van der Waals surface area (Å²) < 4.78 is 7.49. The lowest BCUT2D eigenvalue weighted by Crippen LogP contribution is -2.59. The number of hydrogen-bond donors (Lipinski definition) is 0. The summed E-state index contributed by atoms with van der Waals surface area (Å²) in [5, 5.41) is 0. The number of rotatable bonds is 7. The zero-order valence-corrected chi connectivity index (χ0v) is 14.1. The van der Waals surface area contributed by atoms with Gasteiger partial charge in [-0.15, -0.1) is 0 Å². The molecule has 1 heterocycles. The van der Waals surface area contributed by atoms with E-state index in [2.05, 4.69) is 30.2 Å². The van der Waals surface area contributed by atoms with Gasteiger partial charge in [-0.1, -0.05) is 20.8 Å². The number of ether oxygens (including phenoxy) is 1. The first-order chi connectivity index (χ1) is 9.11. The Morgan fingerprint density at radius 2 is 1.58 bits per heavy atom. The van der Waals surface area contributed by atoms with Gasteiger partial charge < -0.3 is 14.2 Å². The highest BCUT2D eigenvalue weighted by atomic mass is 28.3. The third kappa shape index (κ3) is 4.29. The Hall–Kier alpha value is -0.393. The van der Waals surface area contributed by atoms with Crippen molar-refractivity contribution in [3.8, 4) is 0 Å². The van der Waals surface area contributed by atoms with Crippen molar-refractivity contribution < 1.29 is 9.53 Å². The van der Waals surface area contributed by atoms with Crippen LogP contribution in [0.25, 0.3) is 0 Å². The first kappa shape index (κ1) is 16.7. The summed E-state index contributed by atoms with van der Waals surface area (Å²) in [4.78, 5) is 13.6. The van der Waals surface area contributed by atoms with Crippen LogP contribution in [0.4, 0.5) is 0 Å². The van der Waals surface area contributed by atoms with E-state index < -0.39 is 8.24 Å². The molecule has 0 saturated carbocycles. The molecule has 5 heteroatoms. The molecule has 0 aromatic carbocycles. The normalized spacial score (nSPS) is 18.5. The Morgan fingerprint density at radius 1 is 1.05 bits per heavy atom. The van der Waals surface area contributed by atoms with Crippen LogP contribution in [0.1, 0.15) is 27.2 Å². The van der Waals surface area contributed by atoms with Crippen molar-refractivity contribution in [1.82, 2.24) is 9.47 Å². The molecule has 0 amide bonds. The Morgan fingerprint density at radius 3 is 2.00 bits per heavy atom. The average Bonchev–Trinajstić information content (AvgIpc) is 2.48. The lowest BCUT2D eigenvalue weighted by Gasteiger charge is -2.45. The van der Waals surface area contributed by atoms with E-state index in [0.717, 1.165) is 19.6 Å². The van der Waals surface area contributed by atoms with Crippen molar-refractivity contribution >= 4 is 14.2 Å². The zero-order valence-electron chi connectivity index (χ0n) is 13.1. The molecule has 0 radical (unpaired) electrons. The van der Waals surface area contributed by atoms with Crippen LogP contribution in [0.2, 0.25) is 18.1 Å². The van der Waals surface area contributed by atoms with Gasteiger partial charge in [0.15, 0.2) is 0 Å². The predicted octanol–water partition coefficient (Wildman–Crippen LogP) is 2.17. The highest BCUT2D eigenvalue weighted by Crippen LogP contribution is 2.26. The number of hydrogen-bond acceptors (Lipinski definition) is 4. The van der Waals surface area contributed by atoms with Crippen LogP contribution >= 0.6 is 0 Å². The number of esters is 1. The molecule has 112 valence electrons. The van der Waals surface area contributed by atoms with Gasteiger partial charge in [-0.3, -0.25) is 4.79 Å². The molecule has 1 rings (SSSR count). The standard InChI is InChI=1S/C14H30N2O2Si/c1-5-19(6-2,7-3)16-12-10-15(11-13-16)9-8-14(17)18-4/h5-13H2,1-4H3. The fraction of sp³-hybridized carbons (Fsp3) is 0.929. The van der Waals surface area contributed by atoms with Crippen LogP contribution in [-0.4, -0.2) is 63.5 Å². The summed E-state index contributed by atoms with van der Waals surface area (Å²) in [5.41, 5.74) is 0. The maximum atomic E-state index is 11.2. The van der Waals surface area contributed by atoms with Crippen LogP contribution in [0, 0.1) is 0 Å². The minimum atomic E-state index is -1.18. The summed E-state index contributed by atoms with van der Waals surface area (Å²) in [6, 6.07) is 4.09. The second-order valence-electron chi connectivity index (χ2n) is 5.44. The fourth-order valence-corrected chi connectivity index (χ4v) is 7.21. The number of piperazine rings is 1. The lowest BCUT2D eigenvalue weighted by atomic mass is 10.3. The van der Waals surface area contributed by atoms with Crippen LogP contribution in [-0.2, 0) is 9.53 Å². The second-order valence-corrected chi connectivity index (χ2v) is 10.6. The van der Waals surface area contributed by atoms with Crippen LogP contribution < -0.4 is 0 Å². The summed E-state index contributed by atoms with van der Waals surface area (Å²) in [6.45, 7) is 12.5. The molecule has 0 unspecified atom stereocenters. The molecule has 0 spiro atoms. The maximum absolute atomic E-state index is 11.2. The molecular weight excluding hydrogens is 256 g/mol. The minimum absolute atomic E-state index is 0.0955. The van der Waals surface area contributed by atoms with Crippen molar-refractivity contribution in [2.24, 2.45) is 0 Å². The molecule has 0 aromatic heterocycles. The number of carbonyl (C=O) groups is 1. The summed E-state index contributed by atoms with van der Waals surface area (Å²) >= 11 is 0. The van der Waals surface area contributed by atoms with E-state index in [1.807, 2.05) is 0 Å². The highest BCUT2D eigenvalue weighted by molar-refractivity contribution is 6.77. The monoisotopic (exact) mass is 286 g/mol. The lowest BCUT2D eigenvalue weighted by molar-refractivity contribution is -0.141. The molecule has 1 fully saturated rings. The van der Waals surface area contributed by atoms with Crippen molar-refractivity contribution in [2.75, 3.05) is 39.8 Å². The number of carbonyl (C=O) groups excluding carboxylic acids is 1. The molecule has 1 aliphatic heterocycles. The van der Waals surface area contributed by atoms with E-state index in [4.69, 9.17) is 4.74 Å². The van der Waals surface area contributed by atoms with E-state index in [1.165, 1.54) is 38.3 Å². The first-order valence-electron chi connectivity index (χ1n) is 7.66. The highest BCUT2D eigenvalue weighted by Gasteiger charge is 2.35. The molecule has 0 N–H and O–H groups in total. The van der Waals surface area contributed by atoms with E-state index in [1.54, 1.807) is 0 Å². The molecule has 4 nitrogen and oxygen atoms in total. The predicted molar refractivity (Wildman–Crippen MR) is 81.8 cm³/mol. The Kier molecular flexibility index (Phi) is 7.03. The first-order valence-corrected chi connectivity index (χ1v) is 10.2. The quantitative estimate of drug-likeness (QED) is 0.530. The SMILES string of the molecule is CC[Si](CC)(CC)N1CCN(CCC(=O)OC)CC1. The van der Waals surface area contributed by atoms with Gasteiger partial charge in [0.25, 0.3) is 0 Å². The van der Waals surface area contributed by atoms with Gasteiger partial charge in [0, 0.05) is 32.7 Å². The van der Waals surface area contributed by atoms with Crippen molar-refractivity contribution in [3.05, 3.63) is 0 Å². The van der Waals surface area contributed by atoms with Crippen LogP contribution in [0.3, 0.4) is 0 Å². The van der Waals surface area contributed by atoms with E-state index in [-0.39, 0.29) is 5.97 Å². The fourth-order valence-electron chi connectivity index (χ4n) is 3.22. The summed E-state index contributed by atoms with van der Waals surface area (Å²) in [7, 11) is 0.280. The molecule has 0 aliphatic carbocycles. The summed E-state index contributed by atoms with van der Waals surface area (Å²) in [5.74, 6) is -0.0955. The molecule has 1 saturated heterocycles. The molecular formula is C14H30N2O2Si. The molecule has 0 bridgehead atoms. The third-order valence-corrected chi connectivity index (χ3v) is 10.6. The second kappa shape index (κ2) is 8.02. The third-order valence-electron chi connectivity index (χ3n) is 4.88. The van der Waals surface area contributed by atoms with Crippen molar-refractivity contribution in [3.63, 3.8) is 0 Å². The van der Waals surface area contributed by atoms with Crippen LogP contribution in [0.15, 0.2) is 0 Å². The average molecular weight is 286 g/mol. The van der Waals surface area contributed by atoms with Gasteiger partial charge >= 0.3 is 5.97 Å². The van der Waals surface area contributed by atoms with E-state index in [9.17, 15) is 4.79 Å². The van der Waals surface area contributed by atoms with Crippen LogP contribution in [0.5, 0.6) is 0 Å². The van der Waals surface area contributed by atoms with Gasteiger partial charge in [-0.25, -0.2) is 0 Å². The zero-order chi connectivity index (χ0) is 14.3. The summed E-state index contributed by atoms with van der Waals surface area (Å²) in [6.07, 6.45) is 0.522. The van der Waals surface area contributed by atoms with Crippen molar-refractivity contribution in [2.45, 2.75) is 45.3 Å². The Labute approximate surface area is 119 Å². The van der Waals surface area contributed by atoms with Gasteiger partial charge in [0.2, 0.25) is 0 Å². The van der Waals surface area contributed by atoms with Crippen molar-refractivity contribution in [1.29, 1.82) is 0 Å². The maximum Gasteiger partial charge on any atom is 0.306 e. The minimum Gasteiger partial charge on any atom is -0.469 e. The topological polar surface area (TPSA) is 32.8 Å². The Balaban J connectivity index is 2.41. The number of methoxy groups -OCH3 is 1. The largest absolute Gasteiger partial charge is 0.469 e. The molecule has 0 aromatic rings. The van der Waals surface area contributed by atoms with E-state index in [0.29, 0.717) is 6.42 Å². The molecule has 19 heavy (non-hydrogen) atoms. The van der Waals surface area contributed by atoms with Gasteiger partial charge in [0.1, 0.15) is 8.24 Å². The van der Waals surface area contributed by atoms with Gasteiger partial charge in [0.05, 0.1) is 13.5 Å². The smallest absolute Gasteiger partial charge is 0.306 e. The van der Waals surface area contributed by atoms with Gasteiger partial charge in [-0.05, 0) is 18.1 Å². The van der Waals surface area contributed by atoms with Gasteiger partial charge in [-0.2, -0.15) is 0 Å². The van der Waals surface area contributed by atoms with E-state index >= 15 is 0 Å². The molecule has 1 aliphatic rings.